The summed E-state index contributed by atoms with van der Waals surface area (Å²) in [6.45, 7) is 0.0675. The van der Waals surface area contributed by atoms with E-state index in [1.807, 2.05) is 6.07 Å². The minimum Gasteiger partial charge on any atom is -0.493 e. The largest absolute Gasteiger partial charge is 0.493 e. The predicted octanol–water partition coefficient (Wildman–Crippen LogP) is 2.64. The van der Waals surface area contributed by atoms with Crippen LogP contribution in [-0.4, -0.2) is 82.2 Å². The van der Waals surface area contributed by atoms with E-state index in [0.717, 1.165) is 5.56 Å². The second kappa shape index (κ2) is 12.3. The molecule has 2 aromatic rings. The van der Waals surface area contributed by atoms with Crippen molar-refractivity contribution in [3.8, 4) is 11.5 Å². The number of halogens is 1. The molecule has 1 atom stereocenters. The number of hydrogen-bond donors (Lipinski definition) is 0. The maximum atomic E-state index is 14.6. The molecule has 0 N–H and O–H groups in total. The van der Waals surface area contributed by atoms with Crippen LogP contribution in [0.5, 0.6) is 11.5 Å². The van der Waals surface area contributed by atoms with Gasteiger partial charge in [0.05, 0.1) is 32.6 Å². The molecule has 0 spiro atoms. The van der Waals surface area contributed by atoms with Gasteiger partial charge in [-0.15, -0.1) is 0 Å². The molecule has 0 saturated carbocycles. The Labute approximate surface area is 204 Å². The van der Waals surface area contributed by atoms with Crippen molar-refractivity contribution < 1.29 is 32.9 Å². The molecule has 2 amide bonds. The molecule has 1 aliphatic rings. The van der Waals surface area contributed by atoms with Crippen molar-refractivity contribution in [2.75, 3.05) is 54.7 Å². The van der Waals surface area contributed by atoms with Gasteiger partial charge in [0.1, 0.15) is 19.0 Å². The van der Waals surface area contributed by atoms with Crippen LogP contribution in [0, 0.1) is 5.82 Å². The molecule has 1 aliphatic heterocycles. The lowest BCUT2D eigenvalue weighted by atomic mass is 9.97. The zero-order valence-electron chi connectivity index (χ0n) is 20.3. The number of carbonyl (C=O) groups excluding carboxylic acids is 2. The highest BCUT2D eigenvalue weighted by Gasteiger charge is 2.35. The molecule has 0 radical (unpaired) electrons. The fraction of sp³-hybridized carbons (Fsp3) is 0.400. The number of benzene rings is 2. The lowest BCUT2D eigenvalue weighted by molar-refractivity contribution is -0.144. The summed E-state index contributed by atoms with van der Waals surface area (Å²) in [5, 5.41) is 5.81. The van der Waals surface area contributed by atoms with Crippen molar-refractivity contribution in [1.29, 1.82) is 0 Å². The monoisotopic (exact) mass is 487 g/mol. The van der Waals surface area contributed by atoms with E-state index < -0.39 is 17.8 Å². The molecule has 0 aliphatic carbocycles. The average molecular weight is 488 g/mol. The van der Waals surface area contributed by atoms with Crippen molar-refractivity contribution >= 4 is 17.5 Å². The number of ether oxygens (including phenoxy) is 4. The Bertz CT molecular complexity index is 1080. The van der Waals surface area contributed by atoms with Gasteiger partial charge in [-0.1, -0.05) is 24.3 Å². The Kier molecular flexibility index (Phi) is 9.16. The van der Waals surface area contributed by atoms with E-state index in [1.165, 1.54) is 44.4 Å². The smallest absolute Gasteiger partial charge is 0.262 e. The van der Waals surface area contributed by atoms with E-state index in [2.05, 4.69) is 5.10 Å². The van der Waals surface area contributed by atoms with Crippen LogP contribution in [0.2, 0.25) is 0 Å². The highest BCUT2D eigenvalue weighted by Crippen LogP contribution is 2.37. The lowest BCUT2D eigenvalue weighted by Gasteiger charge is -2.27. The van der Waals surface area contributed by atoms with Gasteiger partial charge < -0.3 is 23.8 Å². The summed E-state index contributed by atoms with van der Waals surface area (Å²) < 4.78 is 35.3. The van der Waals surface area contributed by atoms with E-state index in [1.54, 1.807) is 30.3 Å². The van der Waals surface area contributed by atoms with Crippen LogP contribution in [0.25, 0.3) is 0 Å². The molecule has 0 fully saturated rings. The number of carbonyl (C=O) groups is 2. The number of methoxy groups -OCH3 is 4. The van der Waals surface area contributed by atoms with Crippen LogP contribution in [0.15, 0.2) is 47.6 Å². The van der Waals surface area contributed by atoms with Crippen molar-refractivity contribution in [3.05, 3.63) is 59.4 Å². The molecular weight excluding hydrogens is 457 g/mol. The van der Waals surface area contributed by atoms with Crippen LogP contribution in [0.1, 0.15) is 23.6 Å². The zero-order valence-corrected chi connectivity index (χ0v) is 20.3. The van der Waals surface area contributed by atoms with Gasteiger partial charge in [-0.25, -0.2) is 9.40 Å². The summed E-state index contributed by atoms with van der Waals surface area (Å²) in [5.74, 6) is -0.162. The fourth-order valence-electron chi connectivity index (χ4n) is 3.86. The minimum atomic E-state index is -0.529. The van der Waals surface area contributed by atoms with Gasteiger partial charge in [0.2, 0.25) is 5.91 Å². The van der Waals surface area contributed by atoms with Crippen molar-refractivity contribution in [3.63, 3.8) is 0 Å². The molecule has 3 rings (SSSR count). The van der Waals surface area contributed by atoms with Gasteiger partial charge >= 0.3 is 0 Å². The van der Waals surface area contributed by atoms with E-state index in [0.29, 0.717) is 22.8 Å². The quantitative estimate of drug-likeness (QED) is 0.484. The second-order valence-electron chi connectivity index (χ2n) is 7.84. The summed E-state index contributed by atoms with van der Waals surface area (Å²) in [4.78, 5) is 27.3. The topological polar surface area (TPSA) is 89.9 Å². The van der Waals surface area contributed by atoms with E-state index >= 15 is 0 Å². The van der Waals surface area contributed by atoms with Gasteiger partial charge in [0.15, 0.2) is 11.5 Å². The highest BCUT2D eigenvalue weighted by molar-refractivity contribution is 6.03. The third kappa shape index (κ3) is 6.14. The Morgan fingerprint density at radius 3 is 2.46 bits per heavy atom. The first-order valence-corrected chi connectivity index (χ1v) is 11.1. The molecule has 2 aromatic carbocycles. The molecule has 0 bridgehead atoms. The molecule has 35 heavy (non-hydrogen) atoms. The molecule has 10 heteroatoms. The van der Waals surface area contributed by atoms with Crippen molar-refractivity contribution in [1.82, 2.24) is 9.91 Å². The SMILES string of the molecule is COCCN(CC(=O)N1N=C(c2ccccc2F)CC1c1ccc(OC)c(OC)c1)C(=O)COC. The molecule has 1 heterocycles. The minimum absolute atomic E-state index is 0.167. The summed E-state index contributed by atoms with van der Waals surface area (Å²) in [6, 6.07) is 11.1. The van der Waals surface area contributed by atoms with E-state index in [9.17, 15) is 14.0 Å². The molecular formula is C25H30FN3O6. The molecule has 188 valence electrons. The first kappa shape index (κ1) is 26.1. The van der Waals surface area contributed by atoms with Crippen molar-refractivity contribution in [2.24, 2.45) is 5.10 Å². The van der Waals surface area contributed by atoms with Crippen LogP contribution < -0.4 is 9.47 Å². The summed E-state index contributed by atoms with van der Waals surface area (Å²) in [5.41, 5.74) is 1.49. The summed E-state index contributed by atoms with van der Waals surface area (Å²) >= 11 is 0. The van der Waals surface area contributed by atoms with Crippen LogP contribution in [-0.2, 0) is 19.1 Å². The standard InChI is InChI=1S/C25H30FN3O6/c1-32-12-11-28(25(31)16-33-2)15-24(30)29-21(17-9-10-22(34-3)23(13-17)35-4)14-20(27-29)18-7-5-6-8-19(18)26/h5-10,13,21H,11-12,14-16H2,1-4H3. The highest BCUT2D eigenvalue weighted by atomic mass is 19.1. The Morgan fingerprint density at radius 1 is 1.06 bits per heavy atom. The number of nitrogens with zero attached hydrogens (tertiary/aromatic N) is 3. The number of rotatable bonds is 11. The normalized spacial score (nSPS) is 15.1. The summed E-state index contributed by atoms with van der Waals surface area (Å²) in [6.07, 6.45) is 0.284. The third-order valence-corrected chi connectivity index (χ3v) is 5.65. The number of amides is 2. The van der Waals surface area contributed by atoms with Crippen LogP contribution in [0.3, 0.4) is 0 Å². The van der Waals surface area contributed by atoms with Crippen molar-refractivity contribution in [2.45, 2.75) is 12.5 Å². The van der Waals surface area contributed by atoms with E-state index in [4.69, 9.17) is 18.9 Å². The lowest BCUT2D eigenvalue weighted by Crippen LogP contribution is -2.44. The number of hydrogen-bond acceptors (Lipinski definition) is 7. The molecule has 0 aromatic heterocycles. The first-order valence-electron chi connectivity index (χ1n) is 11.1. The maximum Gasteiger partial charge on any atom is 0.262 e. The third-order valence-electron chi connectivity index (χ3n) is 5.65. The van der Waals surface area contributed by atoms with Gasteiger partial charge in [-0.05, 0) is 23.8 Å². The van der Waals surface area contributed by atoms with Crippen LogP contribution in [0.4, 0.5) is 4.39 Å². The Morgan fingerprint density at radius 2 is 1.80 bits per heavy atom. The molecule has 1 unspecified atom stereocenters. The van der Waals surface area contributed by atoms with Crippen LogP contribution >= 0.6 is 0 Å². The summed E-state index contributed by atoms with van der Waals surface area (Å²) in [7, 11) is 5.98. The average Bonchev–Trinajstić information content (AvgIpc) is 3.31. The molecule has 0 saturated heterocycles. The van der Waals surface area contributed by atoms with Gasteiger partial charge in [-0.2, -0.15) is 5.10 Å². The number of hydrazone groups is 1. The fourth-order valence-corrected chi connectivity index (χ4v) is 3.86. The maximum absolute atomic E-state index is 14.6. The Balaban J connectivity index is 1.96. The first-order chi connectivity index (χ1) is 16.9. The van der Waals surface area contributed by atoms with Gasteiger partial charge in [-0.3, -0.25) is 9.59 Å². The Hall–Kier alpha value is -3.50. The van der Waals surface area contributed by atoms with Gasteiger partial charge in [0.25, 0.3) is 5.91 Å². The second-order valence-corrected chi connectivity index (χ2v) is 7.84. The zero-order chi connectivity index (χ0) is 25.4. The predicted molar refractivity (Wildman–Crippen MR) is 127 cm³/mol. The van der Waals surface area contributed by atoms with Gasteiger partial charge in [0, 0.05) is 32.7 Å². The van der Waals surface area contributed by atoms with E-state index in [-0.39, 0.29) is 38.6 Å². The molecule has 9 nitrogen and oxygen atoms in total.